The zero-order valence-electron chi connectivity index (χ0n) is 14.0. The monoisotopic (exact) mass is 377 g/mol. The van der Waals surface area contributed by atoms with Crippen LogP contribution in [0.2, 0.25) is 0 Å². The van der Waals surface area contributed by atoms with Gasteiger partial charge in [0.25, 0.3) is 0 Å². The number of nitrogens with one attached hydrogen (secondary N) is 1. The molecule has 3 rings (SSSR count). The summed E-state index contributed by atoms with van der Waals surface area (Å²) < 4.78 is 35.0. The summed E-state index contributed by atoms with van der Waals surface area (Å²) in [5.41, 5.74) is 2.60. The van der Waals surface area contributed by atoms with Crippen LogP contribution in [-0.2, 0) is 23.1 Å². The molecular weight excluding hydrogens is 358 g/mol. The van der Waals surface area contributed by atoms with Crippen molar-refractivity contribution in [2.24, 2.45) is 0 Å². The van der Waals surface area contributed by atoms with E-state index < -0.39 is 10.0 Å². The van der Waals surface area contributed by atoms with Gasteiger partial charge in [-0.05, 0) is 36.8 Å². The van der Waals surface area contributed by atoms with E-state index in [0.717, 1.165) is 23.4 Å². The van der Waals surface area contributed by atoms with E-state index in [-0.39, 0.29) is 10.8 Å². The molecule has 2 heterocycles. The Labute approximate surface area is 151 Å². The van der Waals surface area contributed by atoms with Gasteiger partial charge in [-0.2, -0.15) is 5.10 Å². The van der Waals surface area contributed by atoms with E-state index in [0.29, 0.717) is 5.75 Å². The highest BCUT2D eigenvalue weighted by Crippen LogP contribution is 2.28. The van der Waals surface area contributed by atoms with Crippen LogP contribution in [0.3, 0.4) is 0 Å². The number of aromatic nitrogens is 2. The molecule has 0 spiro atoms. The number of hydrogen-bond donors (Lipinski definition) is 1. The Hall–Kier alpha value is -2.16. The summed E-state index contributed by atoms with van der Waals surface area (Å²) in [7, 11) is -1.99. The van der Waals surface area contributed by atoms with Crippen LogP contribution in [0.25, 0.3) is 11.3 Å². The molecule has 8 heteroatoms. The third kappa shape index (κ3) is 3.92. The van der Waals surface area contributed by atoms with Crippen molar-refractivity contribution >= 4 is 21.4 Å². The van der Waals surface area contributed by atoms with E-state index in [1.54, 1.807) is 19.4 Å². The Morgan fingerprint density at radius 2 is 2.12 bits per heavy atom. The summed E-state index contributed by atoms with van der Waals surface area (Å²) in [6.45, 7) is 2.93. The second kappa shape index (κ2) is 7.38. The first-order chi connectivity index (χ1) is 12.0. The van der Waals surface area contributed by atoms with Crippen molar-refractivity contribution in [1.82, 2.24) is 14.5 Å². The molecule has 0 fully saturated rings. The second-order valence-corrected chi connectivity index (χ2v) is 8.27. The molecule has 2 aromatic heterocycles. The van der Waals surface area contributed by atoms with Crippen LogP contribution >= 0.6 is 11.3 Å². The number of benzene rings is 1. The summed E-state index contributed by atoms with van der Waals surface area (Å²) in [4.78, 5) is 0. The van der Waals surface area contributed by atoms with Crippen molar-refractivity contribution in [1.29, 1.82) is 0 Å². The van der Waals surface area contributed by atoms with E-state index >= 15 is 0 Å². The highest BCUT2D eigenvalue weighted by molar-refractivity contribution is 7.91. The highest BCUT2D eigenvalue weighted by Gasteiger charge is 2.18. The standard InChI is InChI=1S/C17H19N3O3S2/c1-3-20-16(7-8-18-20)14-10-17(24-12-14)25(21,22)19-11-13-5-4-6-15(9-13)23-2/h4-10,12,19H,3,11H2,1-2H3. The van der Waals surface area contributed by atoms with Gasteiger partial charge in [0.2, 0.25) is 10.0 Å². The lowest BCUT2D eigenvalue weighted by Crippen LogP contribution is -2.22. The molecule has 1 N–H and O–H groups in total. The van der Waals surface area contributed by atoms with Gasteiger partial charge in [-0.3, -0.25) is 4.68 Å². The zero-order valence-corrected chi connectivity index (χ0v) is 15.6. The number of methoxy groups -OCH3 is 1. The van der Waals surface area contributed by atoms with Crippen molar-refractivity contribution < 1.29 is 13.2 Å². The number of sulfonamides is 1. The molecule has 3 aromatic rings. The molecule has 0 atom stereocenters. The van der Waals surface area contributed by atoms with E-state index in [1.165, 1.54) is 11.3 Å². The number of thiophene rings is 1. The minimum atomic E-state index is -3.57. The Bertz CT molecular complexity index is 961. The lowest BCUT2D eigenvalue weighted by atomic mass is 10.2. The van der Waals surface area contributed by atoms with Gasteiger partial charge in [0.05, 0.1) is 12.8 Å². The first-order valence-corrected chi connectivity index (χ1v) is 10.1. The number of rotatable bonds is 7. The van der Waals surface area contributed by atoms with E-state index in [1.807, 2.05) is 47.3 Å². The maximum Gasteiger partial charge on any atom is 0.250 e. The summed E-state index contributed by atoms with van der Waals surface area (Å²) in [6.07, 6.45) is 1.71. The fourth-order valence-corrected chi connectivity index (χ4v) is 4.69. The van der Waals surface area contributed by atoms with Crippen molar-refractivity contribution in [2.75, 3.05) is 7.11 Å². The average Bonchev–Trinajstić information content (AvgIpc) is 3.29. The van der Waals surface area contributed by atoms with Gasteiger partial charge in [-0.15, -0.1) is 11.3 Å². The molecule has 0 aliphatic carbocycles. The number of ether oxygens (including phenoxy) is 1. The van der Waals surface area contributed by atoms with Crippen molar-refractivity contribution in [3.63, 3.8) is 0 Å². The number of aryl methyl sites for hydroxylation is 1. The van der Waals surface area contributed by atoms with Crippen LogP contribution in [-0.4, -0.2) is 25.3 Å². The van der Waals surface area contributed by atoms with Gasteiger partial charge in [0.1, 0.15) is 9.96 Å². The van der Waals surface area contributed by atoms with Gasteiger partial charge >= 0.3 is 0 Å². The van der Waals surface area contributed by atoms with E-state index in [2.05, 4.69) is 9.82 Å². The molecule has 25 heavy (non-hydrogen) atoms. The summed E-state index contributed by atoms with van der Waals surface area (Å²) >= 11 is 1.20. The second-order valence-electron chi connectivity index (χ2n) is 5.36. The molecule has 0 amide bonds. The molecule has 0 saturated carbocycles. The normalized spacial score (nSPS) is 11.6. The summed E-state index contributed by atoms with van der Waals surface area (Å²) in [6, 6.07) is 10.9. The van der Waals surface area contributed by atoms with Crippen LogP contribution in [0, 0.1) is 0 Å². The molecule has 0 aliphatic heterocycles. The lowest BCUT2D eigenvalue weighted by molar-refractivity contribution is 0.414. The van der Waals surface area contributed by atoms with Crippen LogP contribution in [0.4, 0.5) is 0 Å². The molecule has 0 bridgehead atoms. The van der Waals surface area contributed by atoms with E-state index in [4.69, 9.17) is 4.74 Å². The maximum absolute atomic E-state index is 12.5. The number of hydrogen-bond acceptors (Lipinski definition) is 5. The Morgan fingerprint density at radius 3 is 2.88 bits per heavy atom. The number of nitrogens with zero attached hydrogens (tertiary/aromatic N) is 2. The molecule has 0 radical (unpaired) electrons. The van der Waals surface area contributed by atoms with Gasteiger partial charge in [-0.1, -0.05) is 12.1 Å². The Morgan fingerprint density at radius 1 is 1.28 bits per heavy atom. The topological polar surface area (TPSA) is 73.2 Å². The largest absolute Gasteiger partial charge is 0.497 e. The fourth-order valence-electron chi connectivity index (χ4n) is 2.45. The van der Waals surface area contributed by atoms with Gasteiger partial charge in [0, 0.05) is 30.2 Å². The highest BCUT2D eigenvalue weighted by atomic mass is 32.2. The van der Waals surface area contributed by atoms with Gasteiger partial charge < -0.3 is 4.74 Å². The third-order valence-electron chi connectivity index (χ3n) is 3.75. The fraction of sp³-hybridized carbons (Fsp3) is 0.235. The molecule has 132 valence electrons. The Balaban J connectivity index is 1.76. The summed E-state index contributed by atoms with van der Waals surface area (Å²) in [5.74, 6) is 0.697. The Kier molecular flexibility index (Phi) is 5.22. The van der Waals surface area contributed by atoms with Crippen LogP contribution < -0.4 is 9.46 Å². The quantitative estimate of drug-likeness (QED) is 0.687. The minimum absolute atomic E-state index is 0.208. The van der Waals surface area contributed by atoms with Crippen molar-refractivity contribution in [2.45, 2.75) is 24.2 Å². The minimum Gasteiger partial charge on any atom is -0.497 e. The van der Waals surface area contributed by atoms with Crippen LogP contribution in [0.15, 0.2) is 52.2 Å². The van der Waals surface area contributed by atoms with Crippen LogP contribution in [0.1, 0.15) is 12.5 Å². The zero-order chi connectivity index (χ0) is 17.9. The SMILES string of the molecule is CCn1nccc1-c1csc(S(=O)(=O)NCc2cccc(OC)c2)c1. The average molecular weight is 377 g/mol. The predicted molar refractivity (Wildman–Crippen MR) is 98.2 cm³/mol. The third-order valence-corrected chi connectivity index (χ3v) is 6.59. The predicted octanol–water partition coefficient (Wildman–Crippen LogP) is 3.12. The molecule has 1 aromatic carbocycles. The summed E-state index contributed by atoms with van der Waals surface area (Å²) in [5, 5.41) is 6.06. The smallest absolute Gasteiger partial charge is 0.250 e. The van der Waals surface area contributed by atoms with Crippen molar-refractivity contribution in [3.8, 4) is 17.0 Å². The molecule has 0 unspecified atom stereocenters. The lowest BCUT2D eigenvalue weighted by Gasteiger charge is -2.06. The maximum atomic E-state index is 12.5. The first kappa shape index (κ1) is 17.7. The van der Waals surface area contributed by atoms with Crippen molar-refractivity contribution in [3.05, 3.63) is 53.5 Å². The van der Waals surface area contributed by atoms with Gasteiger partial charge in [0.15, 0.2) is 0 Å². The molecule has 6 nitrogen and oxygen atoms in total. The van der Waals surface area contributed by atoms with Gasteiger partial charge in [-0.25, -0.2) is 13.1 Å². The van der Waals surface area contributed by atoms with Crippen LogP contribution in [0.5, 0.6) is 5.75 Å². The van der Waals surface area contributed by atoms with E-state index in [9.17, 15) is 8.42 Å². The molecular formula is C17H19N3O3S2. The first-order valence-electron chi connectivity index (χ1n) is 7.77. The molecule has 0 aliphatic rings. The molecule has 0 saturated heterocycles.